The van der Waals surface area contributed by atoms with Crippen molar-refractivity contribution in [2.75, 3.05) is 20.1 Å². The standard InChI is InChI=1S/C12H19BrN2O2S2/c1-9-11(7-12(13)18-9)19(16,17)14-8-10-5-3-4-6-15(10)2/h7,10,14H,3-6,8H2,1-2H3. The summed E-state index contributed by atoms with van der Waals surface area (Å²) in [4.78, 5) is 3.45. The molecule has 1 aliphatic heterocycles. The second kappa shape index (κ2) is 6.22. The van der Waals surface area contributed by atoms with Crippen LogP contribution >= 0.6 is 27.3 Å². The molecule has 1 saturated heterocycles. The Hall–Kier alpha value is 0.0500. The summed E-state index contributed by atoms with van der Waals surface area (Å²) in [6, 6.07) is 1.98. The first-order valence-electron chi connectivity index (χ1n) is 6.36. The Morgan fingerprint density at radius 1 is 1.53 bits per heavy atom. The van der Waals surface area contributed by atoms with Gasteiger partial charge in [0, 0.05) is 17.5 Å². The number of sulfonamides is 1. The van der Waals surface area contributed by atoms with E-state index < -0.39 is 10.0 Å². The molecule has 2 rings (SSSR count). The second-order valence-electron chi connectivity index (χ2n) is 4.95. The lowest BCUT2D eigenvalue weighted by Crippen LogP contribution is -2.44. The number of nitrogens with one attached hydrogen (secondary N) is 1. The zero-order chi connectivity index (χ0) is 14.0. The average molecular weight is 367 g/mol. The average Bonchev–Trinajstić information content (AvgIpc) is 2.68. The molecule has 1 aromatic rings. The minimum absolute atomic E-state index is 0.311. The van der Waals surface area contributed by atoms with E-state index in [4.69, 9.17) is 0 Å². The number of hydrogen-bond acceptors (Lipinski definition) is 4. The van der Waals surface area contributed by atoms with Gasteiger partial charge in [-0.2, -0.15) is 0 Å². The van der Waals surface area contributed by atoms with Crippen LogP contribution in [0.25, 0.3) is 0 Å². The van der Waals surface area contributed by atoms with E-state index in [1.165, 1.54) is 24.2 Å². The van der Waals surface area contributed by atoms with Gasteiger partial charge in [-0.05, 0) is 55.4 Å². The van der Waals surface area contributed by atoms with Crippen LogP contribution in [0.3, 0.4) is 0 Å². The number of piperidine rings is 1. The first kappa shape index (κ1) is 15.4. The molecule has 0 spiro atoms. The van der Waals surface area contributed by atoms with Crippen LogP contribution in [-0.2, 0) is 10.0 Å². The Bertz CT molecular complexity index is 542. The van der Waals surface area contributed by atoms with Gasteiger partial charge in [-0.25, -0.2) is 13.1 Å². The molecule has 0 aromatic carbocycles. The van der Waals surface area contributed by atoms with Crippen LogP contribution in [0.1, 0.15) is 24.1 Å². The van der Waals surface area contributed by atoms with E-state index in [0.29, 0.717) is 17.5 Å². The van der Waals surface area contributed by atoms with Gasteiger partial charge in [0.05, 0.1) is 8.68 Å². The van der Waals surface area contributed by atoms with Crippen molar-refractivity contribution in [3.63, 3.8) is 0 Å². The van der Waals surface area contributed by atoms with Crippen molar-refractivity contribution in [3.05, 3.63) is 14.7 Å². The van der Waals surface area contributed by atoms with Crippen LogP contribution in [0, 0.1) is 6.92 Å². The van der Waals surface area contributed by atoms with Gasteiger partial charge in [-0.1, -0.05) is 6.42 Å². The summed E-state index contributed by atoms with van der Waals surface area (Å²) in [5.41, 5.74) is 0. The Balaban J connectivity index is 2.03. The first-order chi connectivity index (χ1) is 8.90. The zero-order valence-electron chi connectivity index (χ0n) is 11.1. The highest BCUT2D eigenvalue weighted by Gasteiger charge is 2.24. The Labute approximate surface area is 127 Å². The lowest BCUT2D eigenvalue weighted by molar-refractivity contribution is 0.187. The maximum absolute atomic E-state index is 12.3. The van der Waals surface area contributed by atoms with Gasteiger partial charge < -0.3 is 4.90 Å². The molecule has 1 aromatic heterocycles. The number of halogens is 1. The maximum atomic E-state index is 12.3. The van der Waals surface area contributed by atoms with Crippen molar-refractivity contribution in [2.24, 2.45) is 0 Å². The van der Waals surface area contributed by atoms with Gasteiger partial charge in [0.15, 0.2) is 0 Å². The molecule has 1 unspecified atom stereocenters. The monoisotopic (exact) mass is 366 g/mol. The molecular weight excluding hydrogens is 348 g/mol. The SMILES string of the molecule is Cc1sc(Br)cc1S(=O)(=O)NCC1CCCCN1C. The number of likely N-dealkylation sites (tertiary alicyclic amines) is 1. The molecule has 1 aliphatic rings. The van der Waals surface area contributed by atoms with Crippen LogP contribution in [0.2, 0.25) is 0 Å². The van der Waals surface area contributed by atoms with Crippen molar-refractivity contribution >= 4 is 37.3 Å². The molecule has 7 heteroatoms. The first-order valence-corrected chi connectivity index (χ1v) is 9.45. The number of likely N-dealkylation sites (N-methyl/N-ethyl adjacent to an activating group) is 1. The largest absolute Gasteiger partial charge is 0.302 e. The number of rotatable bonds is 4. The fourth-order valence-electron chi connectivity index (χ4n) is 2.38. The Morgan fingerprint density at radius 2 is 2.26 bits per heavy atom. The van der Waals surface area contributed by atoms with Crippen molar-refractivity contribution in [2.45, 2.75) is 37.1 Å². The molecule has 4 nitrogen and oxygen atoms in total. The summed E-state index contributed by atoms with van der Waals surface area (Å²) in [6.45, 7) is 3.37. The lowest BCUT2D eigenvalue weighted by atomic mass is 10.0. The summed E-state index contributed by atoms with van der Waals surface area (Å²) in [5.74, 6) is 0. The number of nitrogens with zero attached hydrogens (tertiary/aromatic N) is 1. The second-order valence-corrected chi connectivity index (χ2v) is 9.32. The molecule has 1 atom stereocenters. The number of aryl methyl sites for hydroxylation is 1. The zero-order valence-corrected chi connectivity index (χ0v) is 14.4. The van der Waals surface area contributed by atoms with Crippen molar-refractivity contribution in [1.82, 2.24) is 9.62 Å². The fourth-order valence-corrected chi connectivity index (χ4v) is 5.87. The predicted molar refractivity (Wildman–Crippen MR) is 82.2 cm³/mol. The predicted octanol–water partition coefficient (Wildman–Crippen LogP) is 2.58. The van der Waals surface area contributed by atoms with Gasteiger partial charge in [0.2, 0.25) is 10.0 Å². The molecule has 0 radical (unpaired) electrons. The minimum atomic E-state index is -3.39. The number of thiophene rings is 1. The minimum Gasteiger partial charge on any atom is -0.302 e. The molecule has 1 fully saturated rings. The third-order valence-electron chi connectivity index (χ3n) is 3.56. The highest BCUT2D eigenvalue weighted by atomic mass is 79.9. The Morgan fingerprint density at radius 3 is 2.84 bits per heavy atom. The molecule has 0 saturated carbocycles. The van der Waals surface area contributed by atoms with Crippen LogP contribution < -0.4 is 4.72 Å². The summed E-state index contributed by atoms with van der Waals surface area (Å²) < 4.78 is 28.1. The third-order valence-corrected chi connectivity index (χ3v) is 6.79. The molecule has 0 amide bonds. The highest BCUT2D eigenvalue weighted by molar-refractivity contribution is 9.11. The van der Waals surface area contributed by atoms with E-state index in [1.54, 1.807) is 6.07 Å². The maximum Gasteiger partial charge on any atom is 0.241 e. The van der Waals surface area contributed by atoms with E-state index in [9.17, 15) is 8.42 Å². The van der Waals surface area contributed by atoms with Crippen molar-refractivity contribution in [1.29, 1.82) is 0 Å². The van der Waals surface area contributed by atoms with E-state index in [0.717, 1.165) is 21.6 Å². The van der Waals surface area contributed by atoms with Gasteiger partial charge in [0.1, 0.15) is 0 Å². The van der Waals surface area contributed by atoms with Crippen LogP contribution in [0.5, 0.6) is 0 Å². The molecule has 1 N–H and O–H groups in total. The molecule has 19 heavy (non-hydrogen) atoms. The summed E-state index contributed by atoms with van der Waals surface area (Å²) in [7, 11) is -1.33. The molecule has 2 heterocycles. The normalized spacial score (nSPS) is 21.7. The van der Waals surface area contributed by atoms with Gasteiger partial charge in [-0.15, -0.1) is 11.3 Å². The van der Waals surface area contributed by atoms with Crippen LogP contribution in [-0.4, -0.2) is 39.5 Å². The number of hydrogen-bond donors (Lipinski definition) is 1. The van der Waals surface area contributed by atoms with E-state index in [-0.39, 0.29) is 0 Å². The van der Waals surface area contributed by atoms with E-state index in [1.807, 2.05) is 6.92 Å². The quantitative estimate of drug-likeness (QED) is 0.890. The van der Waals surface area contributed by atoms with Crippen molar-refractivity contribution < 1.29 is 8.42 Å². The highest BCUT2D eigenvalue weighted by Crippen LogP contribution is 2.29. The lowest BCUT2D eigenvalue weighted by Gasteiger charge is -2.32. The molecule has 0 bridgehead atoms. The molecular formula is C12H19BrN2O2S2. The summed E-state index contributed by atoms with van der Waals surface area (Å²) in [5, 5.41) is 0. The van der Waals surface area contributed by atoms with E-state index >= 15 is 0 Å². The van der Waals surface area contributed by atoms with Crippen LogP contribution in [0.4, 0.5) is 0 Å². The summed E-state index contributed by atoms with van der Waals surface area (Å²) in [6.07, 6.45) is 3.45. The fraction of sp³-hybridized carbons (Fsp3) is 0.667. The Kier molecular flexibility index (Phi) is 5.05. The molecule has 108 valence electrons. The van der Waals surface area contributed by atoms with Crippen LogP contribution in [0.15, 0.2) is 14.7 Å². The topological polar surface area (TPSA) is 49.4 Å². The molecule has 0 aliphatic carbocycles. The van der Waals surface area contributed by atoms with Gasteiger partial charge in [0.25, 0.3) is 0 Å². The van der Waals surface area contributed by atoms with Gasteiger partial charge >= 0.3 is 0 Å². The summed E-state index contributed by atoms with van der Waals surface area (Å²) >= 11 is 4.78. The smallest absolute Gasteiger partial charge is 0.241 e. The van der Waals surface area contributed by atoms with Crippen molar-refractivity contribution in [3.8, 4) is 0 Å². The third kappa shape index (κ3) is 3.78. The van der Waals surface area contributed by atoms with Gasteiger partial charge in [-0.3, -0.25) is 0 Å². The van der Waals surface area contributed by atoms with E-state index in [2.05, 4.69) is 32.6 Å².